The molecule has 1 saturated carbocycles. The highest BCUT2D eigenvalue weighted by Crippen LogP contribution is 2.29. The minimum absolute atomic E-state index is 0.600. The molecule has 1 aliphatic carbocycles. The topological polar surface area (TPSA) is 47.7 Å². The second-order valence-corrected chi connectivity index (χ2v) is 4.90. The van der Waals surface area contributed by atoms with Crippen LogP contribution < -0.4 is 5.32 Å². The van der Waals surface area contributed by atoms with Gasteiger partial charge in [-0.15, -0.1) is 0 Å². The van der Waals surface area contributed by atoms with Gasteiger partial charge in [0, 0.05) is 19.3 Å². The maximum Gasteiger partial charge on any atom is 0.124 e. The molecule has 2 heterocycles. The molecule has 2 aromatic heterocycles. The minimum atomic E-state index is 0.600. The van der Waals surface area contributed by atoms with Crippen molar-refractivity contribution in [2.75, 3.05) is 5.32 Å². The molecular formula is C13H19N5. The van der Waals surface area contributed by atoms with Gasteiger partial charge in [-0.2, -0.15) is 10.2 Å². The van der Waals surface area contributed by atoms with E-state index in [0.29, 0.717) is 6.04 Å². The van der Waals surface area contributed by atoms with E-state index in [4.69, 9.17) is 0 Å². The molecule has 5 heteroatoms. The first kappa shape index (κ1) is 11.3. The average Bonchev–Trinajstić information content (AvgIpc) is 3.07. The second-order valence-electron chi connectivity index (χ2n) is 4.90. The summed E-state index contributed by atoms with van der Waals surface area (Å²) in [6.07, 6.45) is 8.90. The SMILES string of the molecule is Cn1nccc1NCc1ccnn1C1CCCC1. The third kappa shape index (κ3) is 2.12. The normalized spacial score (nSPS) is 16.3. The standard InChI is InChI=1S/C13H19N5/c1-17-13(7-9-15-17)14-10-12-6-8-16-18(12)11-4-2-3-5-11/h6-9,11,14H,2-5,10H2,1H3. The van der Waals surface area contributed by atoms with E-state index >= 15 is 0 Å². The average molecular weight is 245 g/mol. The Morgan fingerprint density at radius 2 is 2.00 bits per heavy atom. The second kappa shape index (κ2) is 4.84. The molecule has 18 heavy (non-hydrogen) atoms. The first-order chi connectivity index (χ1) is 8.84. The molecule has 1 fully saturated rings. The zero-order valence-electron chi connectivity index (χ0n) is 10.7. The first-order valence-electron chi connectivity index (χ1n) is 6.59. The molecule has 1 aliphatic rings. The summed E-state index contributed by atoms with van der Waals surface area (Å²) in [7, 11) is 1.94. The van der Waals surface area contributed by atoms with E-state index in [1.165, 1.54) is 31.4 Å². The van der Waals surface area contributed by atoms with Gasteiger partial charge in [0.25, 0.3) is 0 Å². The summed E-state index contributed by atoms with van der Waals surface area (Å²) in [4.78, 5) is 0. The van der Waals surface area contributed by atoms with E-state index in [9.17, 15) is 0 Å². The third-order valence-corrected chi connectivity index (χ3v) is 3.69. The maximum absolute atomic E-state index is 4.47. The Morgan fingerprint density at radius 3 is 2.72 bits per heavy atom. The number of aryl methyl sites for hydroxylation is 1. The zero-order valence-corrected chi connectivity index (χ0v) is 10.7. The van der Waals surface area contributed by atoms with Gasteiger partial charge in [-0.3, -0.25) is 9.36 Å². The molecule has 0 amide bonds. The summed E-state index contributed by atoms with van der Waals surface area (Å²) in [5, 5.41) is 12.0. The molecule has 2 aromatic rings. The van der Waals surface area contributed by atoms with Gasteiger partial charge >= 0.3 is 0 Å². The van der Waals surface area contributed by atoms with Gasteiger partial charge in [-0.05, 0) is 18.9 Å². The number of nitrogens with zero attached hydrogens (tertiary/aromatic N) is 4. The Morgan fingerprint density at radius 1 is 1.22 bits per heavy atom. The summed E-state index contributed by atoms with van der Waals surface area (Å²) in [6, 6.07) is 4.68. The summed E-state index contributed by atoms with van der Waals surface area (Å²) in [5.74, 6) is 1.04. The van der Waals surface area contributed by atoms with Crippen LogP contribution in [0.15, 0.2) is 24.5 Å². The monoisotopic (exact) mass is 245 g/mol. The van der Waals surface area contributed by atoms with Gasteiger partial charge in [0.15, 0.2) is 0 Å². The first-order valence-corrected chi connectivity index (χ1v) is 6.59. The Kier molecular flexibility index (Phi) is 3.04. The van der Waals surface area contributed by atoms with Crippen molar-refractivity contribution in [2.45, 2.75) is 38.3 Å². The zero-order chi connectivity index (χ0) is 12.4. The fourth-order valence-electron chi connectivity index (χ4n) is 2.69. The van der Waals surface area contributed by atoms with E-state index in [-0.39, 0.29) is 0 Å². The van der Waals surface area contributed by atoms with Crippen LogP contribution in [0.25, 0.3) is 0 Å². The number of hydrogen-bond acceptors (Lipinski definition) is 3. The lowest BCUT2D eigenvalue weighted by molar-refractivity contribution is 0.452. The van der Waals surface area contributed by atoms with Gasteiger partial charge in [0.1, 0.15) is 5.82 Å². The van der Waals surface area contributed by atoms with Crippen LogP contribution in [-0.2, 0) is 13.6 Å². The van der Waals surface area contributed by atoms with Crippen LogP contribution in [-0.4, -0.2) is 19.6 Å². The summed E-state index contributed by atoms with van der Waals surface area (Å²) >= 11 is 0. The molecule has 1 N–H and O–H groups in total. The molecule has 5 nitrogen and oxygen atoms in total. The van der Waals surface area contributed by atoms with Gasteiger partial charge in [-0.25, -0.2) is 0 Å². The third-order valence-electron chi connectivity index (χ3n) is 3.69. The Balaban J connectivity index is 1.69. The molecule has 0 aromatic carbocycles. The Bertz CT molecular complexity index is 507. The smallest absolute Gasteiger partial charge is 0.124 e. The molecule has 0 radical (unpaired) electrons. The molecule has 96 valence electrons. The molecular weight excluding hydrogens is 226 g/mol. The van der Waals surface area contributed by atoms with Crippen LogP contribution in [0.1, 0.15) is 37.4 Å². The predicted molar refractivity (Wildman–Crippen MR) is 70.3 cm³/mol. The number of rotatable bonds is 4. The quantitative estimate of drug-likeness (QED) is 0.899. The maximum atomic E-state index is 4.47. The van der Waals surface area contributed by atoms with E-state index in [1.54, 1.807) is 6.20 Å². The van der Waals surface area contributed by atoms with Crippen LogP contribution in [0.5, 0.6) is 0 Å². The lowest BCUT2D eigenvalue weighted by Gasteiger charge is -2.15. The largest absolute Gasteiger partial charge is 0.365 e. The lowest BCUT2D eigenvalue weighted by Crippen LogP contribution is -2.14. The van der Waals surface area contributed by atoms with Crippen molar-refractivity contribution < 1.29 is 0 Å². The van der Waals surface area contributed by atoms with Crippen LogP contribution in [0, 0.1) is 0 Å². The van der Waals surface area contributed by atoms with Crippen LogP contribution in [0.2, 0.25) is 0 Å². The van der Waals surface area contributed by atoms with Crippen molar-refractivity contribution in [1.82, 2.24) is 19.6 Å². The van der Waals surface area contributed by atoms with Gasteiger partial charge in [0.2, 0.25) is 0 Å². The highest BCUT2D eigenvalue weighted by Gasteiger charge is 2.19. The van der Waals surface area contributed by atoms with Crippen molar-refractivity contribution >= 4 is 5.82 Å². The van der Waals surface area contributed by atoms with Crippen molar-refractivity contribution in [2.24, 2.45) is 7.05 Å². The van der Waals surface area contributed by atoms with Gasteiger partial charge in [-0.1, -0.05) is 12.8 Å². The number of aromatic nitrogens is 4. The van der Waals surface area contributed by atoms with Crippen LogP contribution in [0.3, 0.4) is 0 Å². The summed E-state index contributed by atoms with van der Waals surface area (Å²) < 4.78 is 4.03. The van der Waals surface area contributed by atoms with Crippen LogP contribution in [0.4, 0.5) is 5.82 Å². The van der Waals surface area contributed by atoms with E-state index < -0.39 is 0 Å². The Labute approximate surface area is 107 Å². The van der Waals surface area contributed by atoms with E-state index in [1.807, 2.05) is 24.0 Å². The predicted octanol–water partition coefficient (Wildman–Crippen LogP) is 2.34. The van der Waals surface area contributed by atoms with Crippen molar-refractivity contribution in [3.63, 3.8) is 0 Å². The van der Waals surface area contributed by atoms with Crippen LogP contribution >= 0.6 is 0 Å². The van der Waals surface area contributed by atoms with Gasteiger partial charge < -0.3 is 5.32 Å². The highest BCUT2D eigenvalue weighted by molar-refractivity contribution is 5.34. The minimum Gasteiger partial charge on any atom is -0.365 e. The summed E-state index contributed by atoms with van der Waals surface area (Å²) in [6.45, 7) is 0.802. The van der Waals surface area contributed by atoms with Crippen molar-refractivity contribution in [3.8, 4) is 0 Å². The number of anilines is 1. The van der Waals surface area contributed by atoms with Crippen molar-refractivity contribution in [1.29, 1.82) is 0 Å². The van der Waals surface area contributed by atoms with E-state index in [2.05, 4.69) is 26.3 Å². The number of hydrogen-bond donors (Lipinski definition) is 1. The molecule has 0 aliphatic heterocycles. The molecule has 0 bridgehead atoms. The lowest BCUT2D eigenvalue weighted by atomic mass is 10.2. The molecule has 0 atom stereocenters. The molecule has 0 saturated heterocycles. The molecule has 0 unspecified atom stereocenters. The van der Waals surface area contributed by atoms with Crippen molar-refractivity contribution in [3.05, 3.63) is 30.2 Å². The molecule has 3 rings (SSSR count). The highest BCUT2D eigenvalue weighted by atomic mass is 15.3. The van der Waals surface area contributed by atoms with Gasteiger partial charge in [0.05, 0.1) is 24.5 Å². The van der Waals surface area contributed by atoms with E-state index in [0.717, 1.165) is 12.4 Å². The summed E-state index contributed by atoms with van der Waals surface area (Å²) in [5.41, 5.74) is 1.25. The molecule has 0 spiro atoms. The Hall–Kier alpha value is -1.78. The number of nitrogens with one attached hydrogen (secondary N) is 1. The fourth-order valence-corrected chi connectivity index (χ4v) is 2.69. The fraction of sp³-hybridized carbons (Fsp3) is 0.538.